The largest absolute Gasteiger partial charge is 0.490 e. The minimum absolute atomic E-state index is 0.144. The van der Waals surface area contributed by atoms with Crippen LogP contribution in [0.2, 0.25) is 10.0 Å². The molecular weight excluding hydrogens is 574 g/mol. The molecule has 0 aromatic heterocycles. The number of nitrogens with zero attached hydrogens (tertiary/aromatic N) is 1. The average molecular weight is 597 g/mol. The molecule has 0 aliphatic carbocycles. The van der Waals surface area contributed by atoms with Crippen molar-refractivity contribution in [1.29, 1.82) is 0 Å². The number of nitrogens with one attached hydrogen (secondary N) is 1. The Bertz CT molecular complexity index is 1120. The zero-order chi connectivity index (χ0) is 23.6. The highest BCUT2D eigenvalue weighted by molar-refractivity contribution is 14.1. The number of hydrogen-bond acceptors (Lipinski definition) is 4. The third-order valence-electron chi connectivity index (χ3n) is 4.61. The minimum Gasteiger partial charge on any atom is -0.490 e. The predicted molar refractivity (Wildman–Crippen MR) is 142 cm³/mol. The smallest absolute Gasteiger partial charge is 0.240 e. The van der Waals surface area contributed by atoms with Crippen LogP contribution in [0.1, 0.15) is 30.0 Å². The van der Waals surface area contributed by atoms with Gasteiger partial charge in [-0.1, -0.05) is 59.6 Å². The molecule has 0 atom stereocenters. The van der Waals surface area contributed by atoms with Gasteiger partial charge in [0.15, 0.2) is 11.5 Å². The van der Waals surface area contributed by atoms with Crippen LogP contribution in [0.25, 0.3) is 0 Å². The van der Waals surface area contributed by atoms with Gasteiger partial charge in [0.1, 0.15) is 6.61 Å². The van der Waals surface area contributed by atoms with Crippen LogP contribution < -0.4 is 14.9 Å². The van der Waals surface area contributed by atoms with Crippen molar-refractivity contribution < 1.29 is 14.3 Å². The van der Waals surface area contributed by atoms with Gasteiger partial charge in [0, 0.05) is 22.0 Å². The molecule has 0 bridgehead atoms. The number of hydrazone groups is 1. The summed E-state index contributed by atoms with van der Waals surface area (Å²) in [5.74, 6) is 1.06. The number of amides is 1. The van der Waals surface area contributed by atoms with Gasteiger partial charge >= 0.3 is 0 Å². The summed E-state index contributed by atoms with van der Waals surface area (Å²) >= 11 is 14.4. The SMILES string of the molecule is CCOc1cc(/C=N\NC(=O)CCc2ccccc2)cc(I)c1OCc1ccc(Cl)cc1Cl. The Morgan fingerprint density at radius 1 is 1.09 bits per heavy atom. The summed E-state index contributed by atoms with van der Waals surface area (Å²) in [6, 6.07) is 18.9. The second-order valence-corrected chi connectivity index (χ2v) is 9.07. The van der Waals surface area contributed by atoms with Crippen molar-refractivity contribution in [2.45, 2.75) is 26.4 Å². The van der Waals surface area contributed by atoms with E-state index in [1.54, 1.807) is 18.3 Å². The lowest BCUT2D eigenvalue weighted by atomic mass is 10.1. The molecule has 0 aliphatic rings. The van der Waals surface area contributed by atoms with Crippen LogP contribution in [-0.4, -0.2) is 18.7 Å². The highest BCUT2D eigenvalue weighted by Crippen LogP contribution is 2.35. The molecule has 0 saturated carbocycles. The van der Waals surface area contributed by atoms with Crippen molar-refractivity contribution in [1.82, 2.24) is 5.43 Å². The molecule has 0 aliphatic heterocycles. The summed E-state index contributed by atoms with van der Waals surface area (Å²) in [5, 5.41) is 5.20. The third kappa shape index (κ3) is 7.91. The van der Waals surface area contributed by atoms with Crippen LogP contribution in [0.15, 0.2) is 65.8 Å². The summed E-state index contributed by atoms with van der Waals surface area (Å²) in [6.45, 7) is 2.66. The number of halogens is 3. The van der Waals surface area contributed by atoms with Gasteiger partial charge < -0.3 is 9.47 Å². The van der Waals surface area contributed by atoms with Crippen LogP contribution >= 0.6 is 45.8 Å². The molecule has 0 fully saturated rings. The van der Waals surface area contributed by atoms with Gasteiger partial charge in [0.25, 0.3) is 0 Å². The number of benzene rings is 3. The van der Waals surface area contributed by atoms with Gasteiger partial charge in [0.2, 0.25) is 5.91 Å². The predicted octanol–water partition coefficient (Wildman–Crippen LogP) is 6.66. The van der Waals surface area contributed by atoms with E-state index in [0.29, 0.717) is 41.0 Å². The molecule has 8 heteroatoms. The maximum absolute atomic E-state index is 12.1. The van der Waals surface area contributed by atoms with E-state index in [9.17, 15) is 4.79 Å². The second-order valence-electron chi connectivity index (χ2n) is 7.07. The summed E-state index contributed by atoms with van der Waals surface area (Å²) in [4.78, 5) is 12.1. The summed E-state index contributed by atoms with van der Waals surface area (Å²) < 4.78 is 12.7. The van der Waals surface area contributed by atoms with Gasteiger partial charge in [-0.15, -0.1) is 0 Å². The first-order valence-electron chi connectivity index (χ1n) is 10.3. The lowest BCUT2D eigenvalue weighted by Gasteiger charge is -2.15. The lowest BCUT2D eigenvalue weighted by molar-refractivity contribution is -0.121. The monoisotopic (exact) mass is 596 g/mol. The molecule has 3 aromatic rings. The van der Waals surface area contributed by atoms with Crippen molar-refractivity contribution in [3.8, 4) is 11.5 Å². The molecule has 1 N–H and O–H groups in total. The lowest BCUT2D eigenvalue weighted by Crippen LogP contribution is -2.17. The second kappa shape index (κ2) is 12.8. The van der Waals surface area contributed by atoms with Crippen LogP contribution in [-0.2, 0) is 17.8 Å². The molecule has 0 spiro atoms. The van der Waals surface area contributed by atoms with Crippen LogP contribution in [0.5, 0.6) is 11.5 Å². The van der Waals surface area contributed by atoms with Crippen molar-refractivity contribution >= 4 is 57.9 Å². The molecular formula is C25H23Cl2IN2O3. The van der Waals surface area contributed by atoms with Crippen molar-refractivity contribution in [2.75, 3.05) is 6.61 Å². The summed E-state index contributed by atoms with van der Waals surface area (Å²) in [7, 11) is 0. The zero-order valence-corrected chi connectivity index (χ0v) is 21.7. The zero-order valence-electron chi connectivity index (χ0n) is 18.0. The first kappa shape index (κ1) is 25.3. The number of carbonyl (C=O) groups excluding carboxylic acids is 1. The first-order chi connectivity index (χ1) is 16.0. The Kier molecular flexibility index (Phi) is 9.84. The molecule has 3 rings (SSSR count). The Hall–Kier alpha value is -2.29. The number of hydrogen-bond donors (Lipinski definition) is 1. The van der Waals surface area contributed by atoms with Gasteiger partial charge in [-0.05, 0) is 71.3 Å². The number of carbonyl (C=O) groups is 1. The van der Waals surface area contributed by atoms with Gasteiger partial charge in [0.05, 0.1) is 16.4 Å². The molecule has 0 unspecified atom stereocenters. The van der Waals surface area contributed by atoms with E-state index in [1.165, 1.54) is 0 Å². The maximum atomic E-state index is 12.1. The Balaban J connectivity index is 1.63. The van der Waals surface area contributed by atoms with Crippen molar-refractivity contribution in [3.05, 3.63) is 91.0 Å². The maximum Gasteiger partial charge on any atom is 0.240 e. The van der Waals surface area contributed by atoms with E-state index < -0.39 is 0 Å². The highest BCUT2D eigenvalue weighted by atomic mass is 127. The summed E-state index contributed by atoms with van der Waals surface area (Å²) in [5.41, 5.74) is 5.29. The molecule has 33 heavy (non-hydrogen) atoms. The van der Waals surface area contributed by atoms with Crippen molar-refractivity contribution in [3.63, 3.8) is 0 Å². The third-order valence-corrected chi connectivity index (χ3v) is 5.99. The molecule has 0 radical (unpaired) electrons. The topological polar surface area (TPSA) is 59.9 Å². The summed E-state index contributed by atoms with van der Waals surface area (Å²) in [6.07, 6.45) is 2.62. The Labute approximate surface area is 217 Å². The van der Waals surface area contributed by atoms with Gasteiger partial charge in [-0.25, -0.2) is 5.43 Å². The fourth-order valence-corrected chi connectivity index (χ4v) is 4.24. The van der Waals surface area contributed by atoms with E-state index in [1.807, 2.05) is 55.5 Å². The van der Waals surface area contributed by atoms with E-state index in [2.05, 4.69) is 33.1 Å². The standard InChI is InChI=1S/C25H23Cl2IN2O3/c1-2-32-23-13-18(15-29-30-24(31)11-8-17-6-4-3-5-7-17)12-22(28)25(23)33-16-19-9-10-20(26)14-21(19)27/h3-7,9-10,12-15H,2,8,11,16H2,1H3,(H,30,31)/b29-15-. The fourth-order valence-electron chi connectivity index (χ4n) is 2.99. The molecule has 172 valence electrons. The van der Waals surface area contributed by atoms with Crippen molar-refractivity contribution in [2.24, 2.45) is 5.10 Å². The van der Waals surface area contributed by atoms with Crippen LogP contribution in [0.3, 0.4) is 0 Å². The average Bonchev–Trinajstić information content (AvgIpc) is 2.79. The molecule has 0 saturated heterocycles. The van der Waals surface area contributed by atoms with Crippen LogP contribution in [0, 0.1) is 3.57 Å². The first-order valence-corrected chi connectivity index (χ1v) is 12.2. The highest BCUT2D eigenvalue weighted by Gasteiger charge is 2.13. The van der Waals surface area contributed by atoms with Gasteiger partial charge in [-0.2, -0.15) is 5.10 Å². The van der Waals surface area contributed by atoms with E-state index in [0.717, 1.165) is 20.3 Å². The Morgan fingerprint density at radius 3 is 2.61 bits per heavy atom. The number of ether oxygens (including phenoxy) is 2. The molecule has 3 aromatic carbocycles. The van der Waals surface area contributed by atoms with E-state index in [-0.39, 0.29) is 12.5 Å². The minimum atomic E-state index is -0.144. The fraction of sp³-hybridized carbons (Fsp3) is 0.200. The Morgan fingerprint density at radius 2 is 1.88 bits per heavy atom. The molecule has 1 amide bonds. The molecule has 5 nitrogen and oxygen atoms in total. The number of rotatable bonds is 10. The van der Waals surface area contributed by atoms with E-state index >= 15 is 0 Å². The van der Waals surface area contributed by atoms with Gasteiger partial charge in [-0.3, -0.25) is 4.79 Å². The quantitative estimate of drug-likeness (QED) is 0.162. The van der Waals surface area contributed by atoms with Crippen LogP contribution in [0.4, 0.5) is 0 Å². The van der Waals surface area contributed by atoms with E-state index in [4.69, 9.17) is 32.7 Å². The number of aryl methyl sites for hydroxylation is 1. The normalized spacial score (nSPS) is 10.9. The molecule has 0 heterocycles.